The highest BCUT2D eigenvalue weighted by molar-refractivity contribution is 7.84. The van der Waals surface area contributed by atoms with Crippen molar-refractivity contribution < 1.29 is 8.95 Å². The molecule has 114 valence electrons. The molecule has 2 unspecified atom stereocenters. The van der Waals surface area contributed by atoms with Crippen LogP contribution in [0.3, 0.4) is 0 Å². The van der Waals surface area contributed by atoms with Gasteiger partial charge in [0.15, 0.2) is 5.82 Å². The third-order valence-electron chi connectivity index (χ3n) is 2.89. The molecule has 0 fully saturated rings. The second kappa shape index (κ2) is 8.86. The lowest BCUT2D eigenvalue weighted by molar-refractivity contribution is 0.128. The summed E-state index contributed by atoms with van der Waals surface area (Å²) in [6.07, 6.45) is 2.57. The summed E-state index contributed by atoms with van der Waals surface area (Å²) in [6.45, 7) is 5.69. The van der Waals surface area contributed by atoms with Crippen LogP contribution in [-0.4, -0.2) is 45.9 Å². The van der Waals surface area contributed by atoms with Gasteiger partial charge in [-0.3, -0.25) is 4.21 Å². The Hall–Kier alpha value is -1.21. The molecule has 7 heteroatoms. The van der Waals surface area contributed by atoms with Gasteiger partial charge >= 0.3 is 0 Å². The number of anilines is 2. The van der Waals surface area contributed by atoms with Gasteiger partial charge in [-0.1, -0.05) is 6.92 Å². The van der Waals surface area contributed by atoms with E-state index in [1.165, 1.54) is 0 Å². The number of hydrogen-bond donors (Lipinski definition) is 2. The zero-order chi connectivity index (χ0) is 15.0. The van der Waals surface area contributed by atoms with Gasteiger partial charge in [0.05, 0.1) is 0 Å². The molecular weight excluding hydrogens is 276 g/mol. The molecule has 0 saturated carbocycles. The summed E-state index contributed by atoms with van der Waals surface area (Å²) in [5, 5.41) is 6.42. The van der Waals surface area contributed by atoms with Crippen molar-refractivity contribution in [1.29, 1.82) is 0 Å². The molecule has 1 rings (SSSR count). The van der Waals surface area contributed by atoms with E-state index in [2.05, 4.69) is 20.6 Å². The Kier molecular flexibility index (Phi) is 7.46. The molecule has 0 amide bonds. The van der Waals surface area contributed by atoms with E-state index in [4.69, 9.17) is 4.74 Å². The molecule has 1 aromatic rings. The van der Waals surface area contributed by atoms with E-state index < -0.39 is 10.8 Å². The fourth-order valence-corrected chi connectivity index (χ4v) is 1.99. The SMILES string of the molecule is CCOCc1nc(NC)cc(NCCC(C)S(C)=O)n1. The van der Waals surface area contributed by atoms with Gasteiger partial charge in [0, 0.05) is 48.6 Å². The summed E-state index contributed by atoms with van der Waals surface area (Å²) < 4.78 is 16.6. The van der Waals surface area contributed by atoms with Crippen LogP contribution in [0.1, 0.15) is 26.1 Å². The van der Waals surface area contributed by atoms with E-state index in [0.717, 1.165) is 24.6 Å². The maximum absolute atomic E-state index is 11.3. The van der Waals surface area contributed by atoms with Crippen molar-refractivity contribution in [2.75, 3.05) is 37.1 Å². The molecule has 1 heterocycles. The summed E-state index contributed by atoms with van der Waals surface area (Å²) >= 11 is 0. The van der Waals surface area contributed by atoms with Crippen molar-refractivity contribution in [3.63, 3.8) is 0 Å². The Morgan fingerprint density at radius 1 is 1.40 bits per heavy atom. The highest BCUT2D eigenvalue weighted by Crippen LogP contribution is 2.12. The summed E-state index contributed by atoms with van der Waals surface area (Å²) in [6, 6.07) is 1.85. The van der Waals surface area contributed by atoms with Crippen LogP contribution in [0.5, 0.6) is 0 Å². The first-order valence-corrected chi connectivity index (χ1v) is 8.38. The van der Waals surface area contributed by atoms with Crippen molar-refractivity contribution in [2.24, 2.45) is 0 Å². The van der Waals surface area contributed by atoms with E-state index in [1.807, 2.05) is 27.0 Å². The molecule has 0 aliphatic heterocycles. The molecule has 0 aliphatic carbocycles. The predicted molar refractivity (Wildman–Crippen MR) is 83.5 cm³/mol. The van der Waals surface area contributed by atoms with Gasteiger partial charge in [-0.05, 0) is 13.3 Å². The molecule has 2 atom stereocenters. The summed E-state index contributed by atoms with van der Waals surface area (Å²) in [5.74, 6) is 2.16. The Morgan fingerprint density at radius 2 is 2.10 bits per heavy atom. The minimum absolute atomic E-state index is 0.177. The lowest BCUT2D eigenvalue weighted by Gasteiger charge is -2.12. The number of rotatable bonds is 9. The standard InChI is InChI=1S/C13H24N4O2S/c1-5-19-9-13-16-11(14-3)8-12(17-13)15-7-6-10(2)20(4)18/h8,10H,5-7,9H2,1-4H3,(H2,14,15,16,17). The summed E-state index contributed by atoms with van der Waals surface area (Å²) in [4.78, 5) is 8.72. The van der Waals surface area contributed by atoms with Crippen LogP contribution in [0.15, 0.2) is 6.07 Å². The monoisotopic (exact) mass is 300 g/mol. The fourth-order valence-electron chi connectivity index (χ4n) is 1.54. The normalized spacial score (nSPS) is 13.8. The Labute approximate surface area is 123 Å². The molecule has 0 spiro atoms. The van der Waals surface area contributed by atoms with Gasteiger partial charge in [0.2, 0.25) is 0 Å². The van der Waals surface area contributed by atoms with Gasteiger partial charge in [0.1, 0.15) is 18.2 Å². The maximum Gasteiger partial charge on any atom is 0.158 e. The second-order valence-electron chi connectivity index (χ2n) is 4.47. The highest BCUT2D eigenvalue weighted by Gasteiger charge is 2.07. The van der Waals surface area contributed by atoms with Gasteiger partial charge < -0.3 is 15.4 Å². The Morgan fingerprint density at radius 3 is 2.70 bits per heavy atom. The molecule has 0 bridgehead atoms. The topological polar surface area (TPSA) is 76.1 Å². The van der Waals surface area contributed by atoms with Crippen LogP contribution in [0.4, 0.5) is 11.6 Å². The number of hydrogen-bond acceptors (Lipinski definition) is 6. The van der Waals surface area contributed by atoms with Crippen LogP contribution in [0, 0.1) is 0 Å². The molecule has 6 nitrogen and oxygen atoms in total. The minimum Gasteiger partial charge on any atom is -0.374 e. The molecule has 0 saturated heterocycles. The molecule has 1 aromatic heterocycles. The zero-order valence-corrected chi connectivity index (χ0v) is 13.4. The van der Waals surface area contributed by atoms with E-state index in [1.54, 1.807) is 6.26 Å². The van der Waals surface area contributed by atoms with E-state index in [9.17, 15) is 4.21 Å². The van der Waals surface area contributed by atoms with Crippen molar-refractivity contribution >= 4 is 22.4 Å². The van der Waals surface area contributed by atoms with Crippen LogP contribution in [0.2, 0.25) is 0 Å². The average Bonchev–Trinajstić information content (AvgIpc) is 2.44. The highest BCUT2D eigenvalue weighted by atomic mass is 32.2. The number of ether oxygens (including phenoxy) is 1. The molecule has 0 radical (unpaired) electrons. The van der Waals surface area contributed by atoms with Crippen molar-refractivity contribution in [1.82, 2.24) is 9.97 Å². The van der Waals surface area contributed by atoms with E-state index in [-0.39, 0.29) is 5.25 Å². The number of aromatic nitrogens is 2. The lowest BCUT2D eigenvalue weighted by atomic mass is 10.3. The third kappa shape index (κ3) is 5.83. The van der Waals surface area contributed by atoms with Crippen molar-refractivity contribution in [2.45, 2.75) is 32.1 Å². The van der Waals surface area contributed by atoms with Crippen molar-refractivity contribution in [3.8, 4) is 0 Å². The van der Waals surface area contributed by atoms with Crippen LogP contribution >= 0.6 is 0 Å². The zero-order valence-electron chi connectivity index (χ0n) is 12.6. The first-order valence-electron chi connectivity index (χ1n) is 6.76. The summed E-state index contributed by atoms with van der Waals surface area (Å²) in [5.41, 5.74) is 0. The van der Waals surface area contributed by atoms with Crippen LogP contribution in [0.25, 0.3) is 0 Å². The molecule has 0 aliphatic rings. The first kappa shape index (κ1) is 16.8. The number of nitrogens with zero attached hydrogens (tertiary/aromatic N) is 2. The quantitative estimate of drug-likeness (QED) is 0.722. The number of nitrogens with one attached hydrogen (secondary N) is 2. The van der Waals surface area contributed by atoms with E-state index in [0.29, 0.717) is 19.0 Å². The minimum atomic E-state index is -0.788. The third-order valence-corrected chi connectivity index (χ3v) is 4.26. The van der Waals surface area contributed by atoms with Gasteiger partial charge in [-0.2, -0.15) is 0 Å². The lowest BCUT2D eigenvalue weighted by Crippen LogP contribution is -2.16. The maximum atomic E-state index is 11.3. The average molecular weight is 300 g/mol. The predicted octanol–water partition coefficient (Wildman–Crippen LogP) is 1.62. The largest absolute Gasteiger partial charge is 0.374 e. The Bertz CT molecular complexity index is 442. The molecule has 2 N–H and O–H groups in total. The van der Waals surface area contributed by atoms with Crippen molar-refractivity contribution in [3.05, 3.63) is 11.9 Å². The fraction of sp³-hybridized carbons (Fsp3) is 0.692. The van der Waals surface area contributed by atoms with E-state index >= 15 is 0 Å². The summed E-state index contributed by atoms with van der Waals surface area (Å²) in [7, 11) is 1.03. The van der Waals surface area contributed by atoms with Gasteiger partial charge in [0.25, 0.3) is 0 Å². The first-order chi connectivity index (χ1) is 9.56. The molecule has 0 aromatic carbocycles. The smallest absolute Gasteiger partial charge is 0.158 e. The molecule has 20 heavy (non-hydrogen) atoms. The second-order valence-corrected chi connectivity index (χ2v) is 6.27. The van der Waals surface area contributed by atoms with Crippen LogP contribution < -0.4 is 10.6 Å². The Balaban J connectivity index is 2.61. The van der Waals surface area contributed by atoms with Gasteiger partial charge in [-0.15, -0.1) is 0 Å². The van der Waals surface area contributed by atoms with Crippen LogP contribution in [-0.2, 0) is 22.1 Å². The molecular formula is C13H24N4O2S. The van der Waals surface area contributed by atoms with Gasteiger partial charge in [-0.25, -0.2) is 9.97 Å².